The Labute approximate surface area is 283 Å². The van der Waals surface area contributed by atoms with Crippen molar-refractivity contribution in [1.29, 1.82) is 5.26 Å². The largest absolute Gasteiger partial charge is 0.467 e. The second kappa shape index (κ2) is 15.0. The molecule has 3 amide bonds. The minimum atomic E-state index is -1.12. The Balaban J connectivity index is 1.77. The average molecular weight is 674 g/mol. The number of nitriles is 1. The lowest BCUT2D eigenvalue weighted by Crippen LogP contribution is -2.51. The molecular formula is C35H36ClN5O7. The second-order valence-corrected chi connectivity index (χ2v) is 12.4. The molecule has 12 nitrogen and oxygen atoms in total. The van der Waals surface area contributed by atoms with Gasteiger partial charge in [-0.3, -0.25) is 9.59 Å². The first kappa shape index (κ1) is 35.5. The number of hydrogen-bond donors (Lipinski definition) is 3. The number of rotatable bonds is 11. The zero-order valence-electron chi connectivity index (χ0n) is 27.4. The molecule has 0 aliphatic rings. The first-order chi connectivity index (χ1) is 22.7. The molecule has 0 fully saturated rings. The molecule has 0 aliphatic carbocycles. The number of aryl methyl sites for hydroxylation is 1. The molecule has 4 rings (SSSR count). The van der Waals surface area contributed by atoms with E-state index in [0.29, 0.717) is 44.6 Å². The highest BCUT2D eigenvalue weighted by Crippen LogP contribution is 2.38. The van der Waals surface area contributed by atoms with Gasteiger partial charge in [-0.2, -0.15) is 5.26 Å². The van der Waals surface area contributed by atoms with E-state index in [1.807, 2.05) is 0 Å². The normalized spacial score (nSPS) is 11.7. The summed E-state index contributed by atoms with van der Waals surface area (Å²) in [5, 5.41) is 26.0. The van der Waals surface area contributed by atoms with E-state index in [1.165, 1.54) is 18.1 Å². The summed E-state index contributed by atoms with van der Waals surface area (Å²) in [5.74, 6) is -0.112. The van der Waals surface area contributed by atoms with Gasteiger partial charge in [0.25, 0.3) is 5.91 Å². The van der Waals surface area contributed by atoms with E-state index in [2.05, 4.69) is 21.7 Å². The number of anilines is 2. The second-order valence-electron chi connectivity index (χ2n) is 12.0. The highest BCUT2D eigenvalue weighted by atomic mass is 35.5. The van der Waals surface area contributed by atoms with Crippen molar-refractivity contribution in [2.24, 2.45) is 0 Å². The number of halogens is 1. The van der Waals surface area contributed by atoms with Crippen molar-refractivity contribution >= 4 is 41.0 Å². The predicted molar refractivity (Wildman–Crippen MR) is 181 cm³/mol. The van der Waals surface area contributed by atoms with E-state index >= 15 is 0 Å². The van der Waals surface area contributed by atoms with Crippen LogP contribution in [0, 0.1) is 18.3 Å². The Morgan fingerprint density at radius 2 is 1.83 bits per heavy atom. The summed E-state index contributed by atoms with van der Waals surface area (Å²) in [4.78, 5) is 44.0. The van der Waals surface area contributed by atoms with Crippen LogP contribution in [0.4, 0.5) is 16.3 Å². The Morgan fingerprint density at radius 3 is 2.46 bits per heavy atom. The average Bonchev–Trinajstić information content (AvgIpc) is 3.45. The molecule has 2 aromatic carbocycles. The van der Waals surface area contributed by atoms with Gasteiger partial charge in [0, 0.05) is 46.9 Å². The minimum absolute atomic E-state index is 0.0316. The van der Waals surface area contributed by atoms with Crippen LogP contribution in [-0.4, -0.2) is 58.4 Å². The molecule has 1 unspecified atom stereocenters. The predicted octanol–water partition coefficient (Wildman–Crippen LogP) is 7.57. The summed E-state index contributed by atoms with van der Waals surface area (Å²) in [7, 11) is 1.48. The van der Waals surface area contributed by atoms with Crippen molar-refractivity contribution in [2.45, 2.75) is 52.6 Å². The Kier molecular flexibility index (Phi) is 11.1. The summed E-state index contributed by atoms with van der Waals surface area (Å²) in [6.07, 6.45) is -1.20. The van der Waals surface area contributed by atoms with Gasteiger partial charge in [-0.15, -0.1) is 0 Å². The zero-order chi connectivity index (χ0) is 35.2. The number of amides is 3. The lowest BCUT2D eigenvalue weighted by molar-refractivity contribution is -0.117. The van der Waals surface area contributed by atoms with E-state index in [4.69, 9.17) is 25.5 Å². The van der Waals surface area contributed by atoms with Crippen molar-refractivity contribution in [3.8, 4) is 34.2 Å². The van der Waals surface area contributed by atoms with Gasteiger partial charge < -0.3 is 34.5 Å². The maximum Gasteiger partial charge on any atom is 0.407 e. The highest BCUT2D eigenvalue weighted by Gasteiger charge is 2.32. The number of carboxylic acid groups (broad SMARTS) is 1. The van der Waals surface area contributed by atoms with Gasteiger partial charge in [0.05, 0.1) is 5.69 Å². The lowest BCUT2D eigenvalue weighted by Gasteiger charge is -2.37. The first-order valence-electron chi connectivity index (χ1n) is 14.9. The van der Waals surface area contributed by atoms with Crippen molar-refractivity contribution in [1.82, 2.24) is 9.88 Å². The molecule has 48 heavy (non-hydrogen) atoms. The number of carbonyl (C=O) groups is 3. The fraction of sp³-hybridized carbons (Fsp3) is 0.286. The molecule has 4 aromatic rings. The smallest absolute Gasteiger partial charge is 0.407 e. The molecule has 0 bridgehead atoms. The molecule has 0 spiro atoms. The topological polar surface area (TPSA) is 167 Å². The van der Waals surface area contributed by atoms with E-state index < -0.39 is 29.5 Å². The minimum Gasteiger partial charge on any atom is -0.467 e. The molecule has 0 saturated carbocycles. The third-order valence-corrected chi connectivity index (χ3v) is 7.42. The van der Waals surface area contributed by atoms with Gasteiger partial charge in [-0.1, -0.05) is 23.7 Å². The van der Waals surface area contributed by atoms with Crippen LogP contribution in [0.1, 0.15) is 56.0 Å². The molecular weight excluding hydrogens is 638 g/mol. The van der Waals surface area contributed by atoms with Crippen LogP contribution in [0.25, 0.3) is 22.4 Å². The number of aromatic nitrogens is 1. The van der Waals surface area contributed by atoms with E-state index in [-0.39, 0.29) is 30.4 Å². The third-order valence-electron chi connectivity index (χ3n) is 7.19. The van der Waals surface area contributed by atoms with Crippen LogP contribution in [0.5, 0.6) is 5.75 Å². The van der Waals surface area contributed by atoms with Crippen LogP contribution in [0.2, 0.25) is 5.02 Å². The number of hydrogen-bond acceptors (Lipinski definition) is 8. The lowest BCUT2D eigenvalue weighted by atomic mass is 9.97. The summed E-state index contributed by atoms with van der Waals surface area (Å²) in [6.45, 7) is 8.59. The third kappa shape index (κ3) is 8.50. The molecule has 0 aliphatic heterocycles. The molecule has 2 aromatic heterocycles. The monoisotopic (exact) mass is 673 g/mol. The summed E-state index contributed by atoms with van der Waals surface area (Å²) in [6, 6.07) is 18.1. The summed E-state index contributed by atoms with van der Waals surface area (Å²) in [5.41, 5.74) is 1.54. The van der Waals surface area contributed by atoms with E-state index in [9.17, 15) is 24.8 Å². The van der Waals surface area contributed by atoms with E-state index in [0.717, 1.165) is 0 Å². The van der Waals surface area contributed by atoms with Crippen LogP contribution in [0.3, 0.4) is 0 Å². The van der Waals surface area contributed by atoms with Gasteiger partial charge in [-0.05, 0) is 88.7 Å². The summed E-state index contributed by atoms with van der Waals surface area (Å²) < 4.78 is 16.3. The number of furan rings is 1. The van der Waals surface area contributed by atoms with Gasteiger partial charge in [0.1, 0.15) is 23.1 Å². The molecule has 3 N–H and O–H groups in total. The highest BCUT2D eigenvalue weighted by molar-refractivity contribution is 6.30. The van der Waals surface area contributed by atoms with Crippen molar-refractivity contribution in [3.63, 3.8) is 0 Å². The number of nitrogens with zero attached hydrogens (tertiary/aromatic N) is 3. The number of benzene rings is 2. The summed E-state index contributed by atoms with van der Waals surface area (Å²) >= 11 is 6.26. The number of methoxy groups -OCH3 is 1. The molecule has 250 valence electrons. The van der Waals surface area contributed by atoms with Gasteiger partial charge in [0.15, 0.2) is 18.4 Å². The molecule has 0 saturated heterocycles. The number of carbonyl (C=O) groups excluding carboxylic acids is 2. The SMILES string of the molecule is COCOc1cc(Cl)ccc1-c1cc(-c2cccc(NC(=O)CC(C)N(C(=O)O)C(C)(C)C)c2)c(C#N)c(NC(=O)c2ccc(C)o2)n1. The number of pyridine rings is 1. The van der Waals surface area contributed by atoms with Crippen molar-refractivity contribution in [3.05, 3.63) is 82.8 Å². The van der Waals surface area contributed by atoms with E-state index in [1.54, 1.807) is 89.2 Å². The molecule has 1 atom stereocenters. The Bertz CT molecular complexity index is 1880. The van der Waals surface area contributed by atoms with Crippen LogP contribution in [0.15, 0.2) is 65.1 Å². The quantitative estimate of drug-likeness (QED) is 0.136. The standard InChI is InChI=1S/C35H36ClN5O7/c1-20(41(34(44)45)35(3,4)5)14-31(42)38-24-9-7-8-22(15-24)26-17-28(25-12-11-23(36)16-30(25)47-19-46-6)39-32(27(26)18-37)40-33(43)29-13-10-21(2)48-29/h7-13,15-17,20H,14,19H2,1-6H3,(H,38,42)(H,44,45)(H,39,40,43). The Hall–Kier alpha value is -5.38. The van der Waals surface area contributed by atoms with Crippen LogP contribution >= 0.6 is 11.6 Å². The molecule has 13 heteroatoms. The number of ether oxygens (including phenoxy) is 2. The van der Waals surface area contributed by atoms with Gasteiger partial charge >= 0.3 is 6.09 Å². The Morgan fingerprint density at radius 1 is 1.08 bits per heavy atom. The van der Waals surface area contributed by atoms with Gasteiger partial charge in [-0.25, -0.2) is 9.78 Å². The maximum atomic E-state index is 13.2. The fourth-order valence-electron chi connectivity index (χ4n) is 5.26. The molecule has 2 heterocycles. The van der Waals surface area contributed by atoms with Crippen LogP contribution < -0.4 is 15.4 Å². The maximum absolute atomic E-state index is 13.2. The fourth-order valence-corrected chi connectivity index (χ4v) is 5.42. The van der Waals surface area contributed by atoms with Gasteiger partial charge in [0.2, 0.25) is 5.91 Å². The van der Waals surface area contributed by atoms with Crippen LogP contribution in [-0.2, 0) is 9.53 Å². The number of nitrogens with one attached hydrogen (secondary N) is 2. The molecule has 0 radical (unpaired) electrons. The first-order valence-corrected chi connectivity index (χ1v) is 15.3. The van der Waals surface area contributed by atoms with Crippen molar-refractivity contribution < 1.29 is 33.4 Å². The van der Waals surface area contributed by atoms with Crippen molar-refractivity contribution in [2.75, 3.05) is 24.5 Å². The zero-order valence-corrected chi connectivity index (χ0v) is 28.1.